The van der Waals surface area contributed by atoms with E-state index in [1.54, 1.807) is 0 Å². The minimum atomic E-state index is -4.42. The molecule has 0 aliphatic carbocycles. The van der Waals surface area contributed by atoms with Crippen LogP contribution in [0.3, 0.4) is 0 Å². The fourth-order valence-corrected chi connectivity index (χ4v) is 2.55. The lowest BCUT2D eigenvalue weighted by Gasteiger charge is -2.05. The number of aryl methyl sites for hydroxylation is 2. The van der Waals surface area contributed by atoms with Crippen LogP contribution >= 0.6 is 0 Å². The largest absolute Gasteiger partial charge is 0.416 e. The Kier molecular flexibility index (Phi) is 6.52. The molecule has 154 valence electrons. The molecule has 0 atom stereocenters. The molecule has 30 heavy (non-hydrogen) atoms. The second-order valence-electron chi connectivity index (χ2n) is 6.53. The van der Waals surface area contributed by atoms with Crippen LogP contribution < -0.4 is 5.32 Å². The predicted octanol–water partition coefficient (Wildman–Crippen LogP) is 4.16. The molecule has 5 nitrogen and oxygen atoms in total. The number of aromatic nitrogens is 2. The van der Waals surface area contributed by atoms with Gasteiger partial charge in [0.1, 0.15) is 0 Å². The van der Waals surface area contributed by atoms with Crippen LogP contribution in [-0.2, 0) is 17.4 Å². The molecule has 8 heteroatoms. The summed E-state index contributed by atoms with van der Waals surface area (Å²) in [4.78, 5) is 16.2. The van der Waals surface area contributed by atoms with Gasteiger partial charge in [0.15, 0.2) is 0 Å². The molecule has 0 saturated heterocycles. The summed E-state index contributed by atoms with van der Waals surface area (Å²) in [6.07, 6.45) is -4.02. The van der Waals surface area contributed by atoms with Crippen LogP contribution in [0.15, 0.2) is 53.1 Å². The van der Waals surface area contributed by atoms with Gasteiger partial charge in [-0.15, -0.1) is 0 Å². The highest BCUT2D eigenvalue weighted by atomic mass is 19.4. The average molecular weight is 413 g/mol. The van der Waals surface area contributed by atoms with Crippen molar-refractivity contribution < 1.29 is 22.5 Å². The smallest absolute Gasteiger partial charge is 0.345 e. The Morgan fingerprint density at radius 2 is 1.93 bits per heavy atom. The first-order valence-electron chi connectivity index (χ1n) is 9.14. The lowest BCUT2D eigenvalue weighted by Crippen LogP contribution is -2.23. The van der Waals surface area contributed by atoms with Gasteiger partial charge in [-0.25, -0.2) is 0 Å². The summed E-state index contributed by atoms with van der Waals surface area (Å²) in [5.74, 6) is 5.77. The van der Waals surface area contributed by atoms with Crippen LogP contribution in [0, 0.1) is 18.8 Å². The molecule has 1 amide bonds. The number of carbonyl (C=O) groups excluding carboxylic acids is 1. The van der Waals surface area contributed by atoms with Gasteiger partial charge in [-0.1, -0.05) is 52.9 Å². The summed E-state index contributed by atoms with van der Waals surface area (Å²) in [6.45, 7) is 2.00. The molecule has 3 rings (SSSR count). The zero-order valence-electron chi connectivity index (χ0n) is 16.1. The van der Waals surface area contributed by atoms with E-state index in [4.69, 9.17) is 4.52 Å². The Hall–Kier alpha value is -3.60. The number of benzene rings is 2. The lowest BCUT2D eigenvalue weighted by atomic mass is 10.1. The third-order valence-electron chi connectivity index (χ3n) is 4.14. The minimum Gasteiger partial charge on any atom is -0.345 e. The number of halogens is 3. The lowest BCUT2D eigenvalue weighted by molar-refractivity contribution is -0.137. The van der Waals surface area contributed by atoms with Gasteiger partial charge < -0.3 is 9.84 Å². The van der Waals surface area contributed by atoms with Crippen molar-refractivity contribution in [2.24, 2.45) is 0 Å². The van der Waals surface area contributed by atoms with E-state index in [-0.39, 0.29) is 30.9 Å². The number of hydrogen-bond acceptors (Lipinski definition) is 4. The van der Waals surface area contributed by atoms with Crippen LogP contribution in [0.1, 0.15) is 29.0 Å². The maximum atomic E-state index is 12.7. The molecular weight excluding hydrogens is 395 g/mol. The van der Waals surface area contributed by atoms with Crippen molar-refractivity contribution >= 4 is 5.91 Å². The van der Waals surface area contributed by atoms with Gasteiger partial charge >= 0.3 is 6.18 Å². The molecule has 1 aromatic heterocycles. The topological polar surface area (TPSA) is 68.0 Å². The van der Waals surface area contributed by atoms with Gasteiger partial charge in [0, 0.05) is 24.0 Å². The van der Waals surface area contributed by atoms with Crippen LogP contribution in [0.5, 0.6) is 0 Å². The molecule has 0 radical (unpaired) electrons. The third kappa shape index (κ3) is 5.95. The standard InChI is InChI=1S/C22H18F3N3O2/c1-15-7-9-17(10-8-15)21-27-20(30-28-21)12-11-19(29)26-13-3-5-16-4-2-6-18(14-16)22(23,24)25/h2,4,6-10,14H,11-13H2,1H3,(H,26,29). The summed E-state index contributed by atoms with van der Waals surface area (Å²) in [6, 6.07) is 12.4. The molecular formula is C22H18F3N3O2. The summed E-state index contributed by atoms with van der Waals surface area (Å²) < 4.78 is 43.2. The maximum Gasteiger partial charge on any atom is 0.416 e. The Balaban J connectivity index is 1.46. The molecule has 2 aromatic carbocycles. The number of hydrogen-bond donors (Lipinski definition) is 1. The van der Waals surface area contributed by atoms with Crippen LogP contribution in [0.25, 0.3) is 11.4 Å². The minimum absolute atomic E-state index is 0.0214. The first-order chi connectivity index (χ1) is 14.3. The fraction of sp³-hybridized carbons (Fsp3) is 0.227. The van der Waals surface area contributed by atoms with E-state index in [1.807, 2.05) is 31.2 Å². The van der Waals surface area contributed by atoms with Crippen molar-refractivity contribution in [1.82, 2.24) is 15.5 Å². The van der Waals surface area contributed by atoms with Crippen molar-refractivity contribution in [3.63, 3.8) is 0 Å². The summed E-state index contributed by atoms with van der Waals surface area (Å²) in [7, 11) is 0. The van der Waals surface area contributed by atoms with E-state index in [0.29, 0.717) is 11.7 Å². The SMILES string of the molecule is Cc1ccc(-c2noc(CCC(=O)NCC#Cc3cccc(C(F)(F)F)c3)n2)cc1. The second-order valence-corrected chi connectivity index (χ2v) is 6.53. The van der Waals surface area contributed by atoms with E-state index >= 15 is 0 Å². The molecule has 1 heterocycles. The van der Waals surface area contributed by atoms with Gasteiger partial charge in [0.05, 0.1) is 12.1 Å². The number of rotatable bonds is 5. The molecule has 0 spiro atoms. The predicted molar refractivity (Wildman–Crippen MR) is 104 cm³/mol. The molecule has 0 aliphatic rings. The zero-order chi connectivity index (χ0) is 21.6. The zero-order valence-corrected chi connectivity index (χ0v) is 16.1. The normalized spacial score (nSPS) is 10.9. The Morgan fingerprint density at radius 3 is 2.67 bits per heavy atom. The molecule has 0 fully saturated rings. The number of amides is 1. The highest BCUT2D eigenvalue weighted by Crippen LogP contribution is 2.29. The van der Waals surface area contributed by atoms with E-state index in [0.717, 1.165) is 23.3 Å². The van der Waals surface area contributed by atoms with E-state index in [9.17, 15) is 18.0 Å². The third-order valence-corrected chi connectivity index (χ3v) is 4.14. The van der Waals surface area contributed by atoms with Crippen molar-refractivity contribution in [2.45, 2.75) is 25.9 Å². The van der Waals surface area contributed by atoms with Gasteiger partial charge in [-0.05, 0) is 25.1 Å². The first-order valence-corrected chi connectivity index (χ1v) is 9.14. The molecule has 0 bridgehead atoms. The van der Waals surface area contributed by atoms with Gasteiger partial charge in [0.2, 0.25) is 17.6 Å². The molecule has 0 saturated carbocycles. The van der Waals surface area contributed by atoms with E-state index in [2.05, 4.69) is 27.3 Å². The quantitative estimate of drug-likeness (QED) is 0.638. The van der Waals surface area contributed by atoms with E-state index < -0.39 is 11.7 Å². The van der Waals surface area contributed by atoms with Crippen LogP contribution in [0.4, 0.5) is 13.2 Å². The van der Waals surface area contributed by atoms with E-state index in [1.165, 1.54) is 12.1 Å². The van der Waals surface area contributed by atoms with Crippen molar-refractivity contribution in [1.29, 1.82) is 0 Å². The first kappa shape index (κ1) is 21.1. The Bertz CT molecular complexity index is 1080. The summed E-state index contributed by atoms with van der Waals surface area (Å²) in [5, 5.41) is 6.50. The van der Waals surface area contributed by atoms with Gasteiger partial charge in [-0.2, -0.15) is 18.2 Å². The van der Waals surface area contributed by atoms with Crippen molar-refractivity contribution in [2.75, 3.05) is 6.54 Å². The van der Waals surface area contributed by atoms with Crippen molar-refractivity contribution in [3.8, 4) is 23.2 Å². The van der Waals surface area contributed by atoms with Crippen LogP contribution in [0.2, 0.25) is 0 Å². The molecule has 0 aliphatic heterocycles. The number of carbonyl (C=O) groups is 1. The Morgan fingerprint density at radius 1 is 1.17 bits per heavy atom. The average Bonchev–Trinajstić information content (AvgIpc) is 3.19. The number of nitrogens with zero attached hydrogens (tertiary/aromatic N) is 2. The second kappa shape index (κ2) is 9.27. The highest BCUT2D eigenvalue weighted by Gasteiger charge is 2.30. The highest BCUT2D eigenvalue weighted by molar-refractivity contribution is 5.76. The Labute approximate surface area is 171 Å². The molecule has 0 unspecified atom stereocenters. The maximum absolute atomic E-state index is 12.7. The monoisotopic (exact) mass is 413 g/mol. The fourth-order valence-electron chi connectivity index (χ4n) is 2.55. The number of alkyl halides is 3. The summed E-state index contributed by atoms with van der Waals surface area (Å²) in [5.41, 5.74) is 1.41. The van der Waals surface area contributed by atoms with Crippen LogP contribution in [-0.4, -0.2) is 22.6 Å². The number of nitrogens with one attached hydrogen (secondary N) is 1. The van der Waals surface area contributed by atoms with Gasteiger partial charge in [-0.3, -0.25) is 4.79 Å². The molecule has 1 N–H and O–H groups in total. The van der Waals surface area contributed by atoms with Gasteiger partial charge in [0.25, 0.3) is 0 Å². The summed E-state index contributed by atoms with van der Waals surface area (Å²) >= 11 is 0. The van der Waals surface area contributed by atoms with Crippen molar-refractivity contribution in [3.05, 3.63) is 71.1 Å². The molecule has 3 aromatic rings.